The third-order valence-corrected chi connectivity index (χ3v) is 2.81. The fourth-order valence-corrected chi connectivity index (χ4v) is 1.39. The summed E-state index contributed by atoms with van der Waals surface area (Å²) in [6.07, 6.45) is 0. The Kier molecular flexibility index (Phi) is 5.24. The van der Waals surface area contributed by atoms with Crippen molar-refractivity contribution < 1.29 is 20.1 Å². The van der Waals surface area contributed by atoms with Gasteiger partial charge in [-0.05, 0) is 17.7 Å². The first-order chi connectivity index (χ1) is 8.56. The van der Waals surface area contributed by atoms with Gasteiger partial charge in [-0.15, -0.1) is 0 Å². The molecule has 0 saturated heterocycles. The highest BCUT2D eigenvalue weighted by atomic mass is 16.3. The molecule has 6 N–H and O–H groups in total. The molecule has 0 aromatic heterocycles. The molecule has 0 spiro atoms. The molecule has 18 heavy (non-hydrogen) atoms. The minimum atomic E-state index is -1.11. The Labute approximate surface area is 105 Å². The van der Waals surface area contributed by atoms with E-state index in [1.165, 1.54) is 0 Å². The molecule has 0 saturated carbocycles. The molecule has 6 heteroatoms. The summed E-state index contributed by atoms with van der Waals surface area (Å²) in [7, 11) is 0. The Morgan fingerprint density at radius 3 is 2.00 bits per heavy atom. The van der Waals surface area contributed by atoms with Crippen LogP contribution in [-0.2, 0) is 6.54 Å². The fourth-order valence-electron chi connectivity index (χ4n) is 1.39. The summed E-state index contributed by atoms with van der Waals surface area (Å²) in [6, 6.07) is 6.61. The van der Waals surface area contributed by atoms with E-state index in [2.05, 4.69) is 5.32 Å². The van der Waals surface area contributed by atoms with Gasteiger partial charge in [0.05, 0.1) is 25.4 Å². The van der Waals surface area contributed by atoms with Crippen LogP contribution in [0.4, 0.5) is 0 Å². The molecule has 0 aliphatic heterocycles. The fraction of sp³-hybridized carbons (Fsp3) is 0.417. The average molecular weight is 254 g/mol. The highest BCUT2D eigenvalue weighted by Gasteiger charge is 2.26. The van der Waals surface area contributed by atoms with Crippen molar-refractivity contribution in [3.05, 3.63) is 35.4 Å². The van der Waals surface area contributed by atoms with Crippen LogP contribution in [0.3, 0.4) is 0 Å². The number of rotatable bonds is 7. The molecule has 1 aromatic rings. The molecule has 6 nitrogen and oxygen atoms in total. The van der Waals surface area contributed by atoms with Crippen molar-refractivity contribution in [2.45, 2.75) is 12.1 Å². The van der Waals surface area contributed by atoms with Gasteiger partial charge in [-0.25, -0.2) is 0 Å². The van der Waals surface area contributed by atoms with E-state index in [4.69, 9.17) is 21.1 Å². The molecule has 1 amide bonds. The minimum Gasteiger partial charge on any atom is -0.394 e. The Balaban J connectivity index is 2.65. The van der Waals surface area contributed by atoms with E-state index in [-0.39, 0.29) is 19.8 Å². The lowest BCUT2D eigenvalue weighted by molar-refractivity contribution is 0.0414. The molecule has 0 radical (unpaired) electrons. The van der Waals surface area contributed by atoms with Gasteiger partial charge in [0.25, 0.3) is 0 Å². The van der Waals surface area contributed by atoms with E-state index < -0.39 is 11.4 Å². The standard InChI is InChI=1S/C12H18N2O4/c13-11(18)10-3-1-9(2-4-10)5-14-12(6-15,7-16)8-17/h1-4,14-17H,5-8H2,(H2,13,18). The van der Waals surface area contributed by atoms with Gasteiger partial charge < -0.3 is 26.4 Å². The van der Waals surface area contributed by atoms with E-state index >= 15 is 0 Å². The summed E-state index contributed by atoms with van der Waals surface area (Å²) in [6.45, 7) is -0.779. The number of carbonyl (C=O) groups is 1. The lowest BCUT2D eigenvalue weighted by atomic mass is 10.0. The van der Waals surface area contributed by atoms with Crippen molar-refractivity contribution in [3.8, 4) is 0 Å². The first kappa shape index (κ1) is 14.6. The van der Waals surface area contributed by atoms with Gasteiger partial charge in [0.2, 0.25) is 5.91 Å². The van der Waals surface area contributed by atoms with E-state index in [0.29, 0.717) is 12.1 Å². The molecule has 0 aliphatic carbocycles. The van der Waals surface area contributed by atoms with Crippen molar-refractivity contribution in [2.24, 2.45) is 5.73 Å². The number of primary amides is 1. The maximum Gasteiger partial charge on any atom is 0.248 e. The van der Waals surface area contributed by atoms with Gasteiger partial charge in [-0.2, -0.15) is 0 Å². The van der Waals surface area contributed by atoms with E-state index in [9.17, 15) is 4.79 Å². The number of hydrogen-bond acceptors (Lipinski definition) is 5. The summed E-state index contributed by atoms with van der Waals surface area (Å²) in [5.41, 5.74) is 5.27. The largest absolute Gasteiger partial charge is 0.394 e. The van der Waals surface area contributed by atoms with Gasteiger partial charge >= 0.3 is 0 Å². The number of carbonyl (C=O) groups excluding carboxylic acids is 1. The van der Waals surface area contributed by atoms with Gasteiger partial charge in [0.15, 0.2) is 0 Å². The molecule has 0 fully saturated rings. The highest BCUT2D eigenvalue weighted by molar-refractivity contribution is 5.92. The molecule has 0 aliphatic rings. The summed E-state index contributed by atoms with van der Waals surface area (Å²) in [5.74, 6) is -0.495. The smallest absolute Gasteiger partial charge is 0.248 e. The zero-order valence-electron chi connectivity index (χ0n) is 9.97. The number of nitrogens with two attached hydrogens (primary N) is 1. The molecular weight excluding hydrogens is 236 g/mol. The Hall–Kier alpha value is -1.47. The third kappa shape index (κ3) is 3.51. The molecular formula is C12H18N2O4. The van der Waals surface area contributed by atoms with Crippen molar-refractivity contribution in [2.75, 3.05) is 19.8 Å². The van der Waals surface area contributed by atoms with Crippen LogP contribution in [0.25, 0.3) is 0 Å². The molecule has 0 unspecified atom stereocenters. The second-order valence-electron chi connectivity index (χ2n) is 4.17. The normalized spacial score (nSPS) is 11.5. The number of aliphatic hydroxyl groups is 3. The SMILES string of the molecule is NC(=O)c1ccc(CNC(CO)(CO)CO)cc1. The van der Waals surface area contributed by atoms with E-state index in [0.717, 1.165) is 5.56 Å². The van der Waals surface area contributed by atoms with Crippen LogP contribution in [0.1, 0.15) is 15.9 Å². The maximum absolute atomic E-state index is 10.9. The number of nitrogens with one attached hydrogen (secondary N) is 1. The van der Waals surface area contributed by atoms with Crippen molar-refractivity contribution in [1.29, 1.82) is 0 Å². The van der Waals surface area contributed by atoms with E-state index in [1.807, 2.05) is 0 Å². The Bertz CT molecular complexity index is 379. The summed E-state index contributed by atoms with van der Waals surface area (Å²) in [5, 5.41) is 30.3. The monoisotopic (exact) mass is 254 g/mol. The number of hydrogen-bond donors (Lipinski definition) is 5. The second kappa shape index (κ2) is 6.46. The zero-order valence-corrected chi connectivity index (χ0v) is 9.97. The van der Waals surface area contributed by atoms with Gasteiger partial charge in [0.1, 0.15) is 0 Å². The molecule has 0 bridgehead atoms. The van der Waals surface area contributed by atoms with Crippen LogP contribution in [0.5, 0.6) is 0 Å². The zero-order chi connectivity index (χ0) is 13.6. The first-order valence-electron chi connectivity index (χ1n) is 5.53. The quantitative estimate of drug-likeness (QED) is 0.410. The van der Waals surface area contributed by atoms with Crippen molar-refractivity contribution in [1.82, 2.24) is 5.32 Å². The van der Waals surface area contributed by atoms with Crippen molar-refractivity contribution >= 4 is 5.91 Å². The summed E-state index contributed by atoms with van der Waals surface area (Å²) in [4.78, 5) is 10.9. The number of amides is 1. The lowest BCUT2D eigenvalue weighted by Gasteiger charge is -2.28. The number of benzene rings is 1. The summed E-state index contributed by atoms with van der Waals surface area (Å²) < 4.78 is 0. The average Bonchev–Trinajstić information content (AvgIpc) is 2.41. The summed E-state index contributed by atoms with van der Waals surface area (Å²) >= 11 is 0. The molecule has 0 atom stereocenters. The van der Waals surface area contributed by atoms with Crippen LogP contribution in [0.15, 0.2) is 24.3 Å². The Morgan fingerprint density at radius 1 is 1.11 bits per heavy atom. The third-order valence-electron chi connectivity index (χ3n) is 2.81. The van der Waals surface area contributed by atoms with Crippen LogP contribution in [0, 0.1) is 0 Å². The predicted octanol–water partition coefficient (Wildman–Crippen LogP) is -1.41. The Morgan fingerprint density at radius 2 is 1.61 bits per heavy atom. The first-order valence-corrected chi connectivity index (χ1v) is 5.53. The van der Waals surface area contributed by atoms with E-state index in [1.54, 1.807) is 24.3 Å². The van der Waals surface area contributed by atoms with Gasteiger partial charge in [-0.3, -0.25) is 4.79 Å². The lowest BCUT2D eigenvalue weighted by Crippen LogP contribution is -2.54. The minimum absolute atomic E-state index is 0.348. The molecule has 0 heterocycles. The van der Waals surface area contributed by atoms with Crippen LogP contribution in [-0.4, -0.2) is 46.6 Å². The topological polar surface area (TPSA) is 116 Å². The molecule has 100 valence electrons. The molecule has 1 aromatic carbocycles. The number of aliphatic hydroxyl groups excluding tert-OH is 3. The predicted molar refractivity (Wildman–Crippen MR) is 65.8 cm³/mol. The van der Waals surface area contributed by atoms with Crippen LogP contribution in [0.2, 0.25) is 0 Å². The van der Waals surface area contributed by atoms with Gasteiger partial charge in [-0.1, -0.05) is 12.1 Å². The molecule has 1 rings (SSSR count). The van der Waals surface area contributed by atoms with Crippen molar-refractivity contribution in [3.63, 3.8) is 0 Å². The van der Waals surface area contributed by atoms with Crippen LogP contribution >= 0.6 is 0 Å². The maximum atomic E-state index is 10.9. The van der Waals surface area contributed by atoms with Gasteiger partial charge in [0, 0.05) is 12.1 Å². The highest BCUT2D eigenvalue weighted by Crippen LogP contribution is 2.07. The second-order valence-corrected chi connectivity index (χ2v) is 4.17. The van der Waals surface area contributed by atoms with Crippen LogP contribution < -0.4 is 11.1 Å².